The van der Waals surface area contributed by atoms with Crippen LogP contribution in [0.25, 0.3) is 0 Å². The van der Waals surface area contributed by atoms with Gasteiger partial charge in [0.05, 0.1) is 31.6 Å². The number of rotatable bonds is 5. The van der Waals surface area contributed by atoms with Gasteiger partial charge in [0.2, 0.25) is 11.8 Å². The van der Waals surface area contributed by atoms with Gasteiger partial charge in [0.1, 0.15) is 11.9 Å². The molecule has 1 saturated heterocycles. The molecule has 0 atom stereocenters. The molecule has 5 nitrogen and oxygen atoms in total. The SMILES string of the molecule is COc1cccc(CC(=O)N2CC(Oc3ccc(Cl)cn3)C2)c1. The molecule has 0 saturated carbocycles. The van der Waals surface area contributed by atoms with E-state index >= 15 is 0 Å². The minimum absolute atomic E-state index is 0.0158. The summed E-state index contributed by atoms with van der Waals surface area (Å²) < 4.78 is 10.9. The van der Waals surface area contributed by atoms with Crippen molar-refractivity contribution in [2.75, 3.05) is 20.2 Å². The van der Waals surface area contributed by atoms with Crippen LogP contribution in [0.15, 0.2) is 42.6 Å². The van der Waals surface area contributed by atoms with E-state index in [2.05, 4.69) is 4.98 Å². The molecule has 0 N–H and O–H groups in total. The first-order valence-corrected chi connectivity index (χ1v) is 7.71. The number of amides is 1. The highest BCUT2D eigenvalue weighted by Gasteiger charge is 2.32. The van der Waals surface area contributed by atoms with E-state index in [1.807, 2.05) is 24.3 Å². The Morgan fingerprint density at radius 3 is 2.87 bits per heavy atom. The second-order valence-electron chi connectivity index (χ2n) is 5.38. The Balaban J connectivity index is 1.48. The van der Waals surface area contributed by atoms with E-state index in [0.717, 1.165) is 11.3 Å². The van der Waals surface area contributed by atoms with Crippen molar-refractivity contribution >= 4 is 17.5 Å². The minimum atomic E-state index is -0.0158. The van der Waals surface area contributed by atoms with Gasteiger partial charge in [-0.1, -0.05) is 23.7 Å². The van der Waals surface area contributed by atoms with Crippen LogP contribution in [-0.4, -0.2) is 42.1 Å². The van der Waals surface area contributed by atoms with Gasteiger partial charge in [-0.05, 0) is 23.8 Å². The second-order valence-corrected chi connectivity index (χ2v) is 5.82. The second kappa shape index (κ2) is 6.87. The van der Waals surface area contributed by atoms with Crippen molar-refractivity contribution in [1.82, 2.24) is 9.88 Å². The van der Waals surface area contributed by atoms with E-state index in [0.29, 0.717) is 30.4 Å². The average molecular weight is 333 g/mol. The number of benzene rings is 1. The van der Waals surface area contributed by atoms with Crippen molar-refractivity contribution in [3.63, 3.8) is 0 Å². The standard InChI is InChI=1S/C17H17ClN2O3/c1-22-14-4-2-3-12(7-14)8-17(21)20-10-15(11-20)23-16-6-5-13(18)9-19-16/h2-7,9,15H,8,10-11H2,1H3. The number of nitrogens with zero attached hydrogens (tertiary/aromatic N) is 2. The van der Waals surface area contributed by atoms with Crippen LogP contribution in [-0.2, 0) is 11.2 Å². The summed E-state index contributed by atoms with van der Waals surface area (Å²) in [5, 5.41) is 0.570. The van der Waals surface area contributed by atoms with Crippen LogP contribution in [0.5, 0.6) is 11.6 Å². The Morgan fingerprint density at radius 1 is 1.35 bits per heavy atom. The zero-order valence-corrected chi connectivity index (χ0v) is 13.5. The molecule has 2 heterocycles. The topological polar surface area (TPSA) is 51.7 Å². The summed E-state index contributed by atoms with van der Waals surface area (Å²) in [5.41, 5.74) is 0.943. The van der Waals surface area contributed by atoms with Crippen molar-refractivity contribution in [2.45, 2.75) is 12.5 Å². The highest BCUT2D eigenvalue weighted by Crippen LogP contribution is 2.19. The maximum atomic E-state index is 12.2. The number of halogens is 1. The van der Waals surface area contributed by atoms with Gasteiger partial charge < -0.3 is 14.4 Å². The fourth-order valence-electron chi connectivity index (χ4n) is 2.39. The number of carbonyl (C=O) groups is 1. The molecule has 0 radical (unpaired) electrons. The predicted octanol–water partition coefficient (Wildman–Crippen LogP) is 2.58. The molecule has 6 heteroatoms. The van der Waals surface area contributed by atoms with Crippen LogP contribution in [0.4, 0.5) is 0 Å². The predicted molar refractivity (Wildman–Crippen MR) is 86.9 cm³/mol. The van der Waals surface area contributed by atoms with E-state index in [1.165, 1.54) is 0 Å². The Labute approximate surface area is 139 Å². The molecule has 1 aliphatic rings. The van der Waals surface area contributed by atoms with Gasteiger partial charge in [-0.2, -0.15) is 0 Å². The highest BCUT2D eigenvalue weighted by molar-refractivity contribution is 6.30. The van der Waals surface area contributed by atoms with Gasteiger partial charge in [-0.3, -0.25) is 4.79 Å². The Hall–Kier alpha value is -2.27. The number of pyridine rings is 1. The molecule has 0 bridgehead atoms. The molecule has 1 aromatic carbocycles. The summed E-state index contributed by atoms with van der Waals surface area (Å²) in [7, 11) is 1.61. The lowest BCUT2D eigenvalue weighted by atomic mass is 10.1. The fraction of sp³-hybridized carbons (Fsp3) is 0.294. The first kappa shape index (κ1) is 15.6. The van der Waals surface area contributed by atoms with Crippen LogP contribution in [0.3, 0.4) is 0 Å². The van der Waals surface area contributed by atoms with E-state index in [-0.39, 0.29) is 12.0 Å². The molecule has 1 amide bonds. The largest absolute Gasteiger partial charge is 0.497 e. The van der Waals surface area contributed by atoms with Gasteiger partial charge in [0.15, 0.2) is 0 Å². The van der Waals surface area contributed by atoms with Gasteiger partial charge in [-0.15, -0.1) is 0 Å². The highest BCUT2D eigenvalue weighted by atomic mass is 35.5. The Bertz CT molecular complexity index is 684. The smallest absolute Gasteiger partial charge is 0.227 e. The summed E-state index contributed by atoms with van der Waals surface area (Å²) >= 11 is 5.78. The number of ether oxygens (including phenoxy) is 2. The third-order valence-electron chi connectivity index (χ3n) is 3.68. The zero-order valence-electron chi connectivity index (χ0n) is 12.7. The van der Waals surface area contributed by atoms with Crippen LogP contribution in [0.2, 0.25) is 5.02 Å². The molecule has 1 fully saturated rings. The number of likely N-dealkylation sites (tertiary alicyclic amines) is 1. The van der Waals surface area contributed by atoms with E-state index in [4.69, 9.17) is 21.1 Å². The van der Waals surface area contributed by atoms with Crippen molar-refractivity contribution < 1.29 is 14.3 Å². The summed E-state index contributed by atoms with van der Waals surface area (Å²) in [6, 6.07) is 11.0. The average Bonchev–Trinajstić information content (AvgIpc) is 2.52. The van der Waals surface area contributed by atoms with Crippen LogP contribution >= 0.6 is 11.6 Å². The lowest BCUT2D eigenvalue weighted by Gasteiger charge is -2.38. The summed E-state index contributed by atoms with van der Waals surface area (Å²) in [5.74, 6) is 1.37. The number of carbonyl (C=O) groups excluding carboxylic acids is 1. The molecule has 1 aliphatic heterocycles. The summed E-state index contributed by atoms with van der Waals surface area (Å²) in [6.45, 7) is 1.15. The van der Waals surface area contributed by atoms with Gasteiger partial charge in [-0.25, -0.2) is 4.98 Å². The minimum Gasteiger partial charge on any atom is -0.497 e. The van der Waals surface area contributed by atoms with Crippen molar-refractivity contribution in [3.05, 3.63) is 53.2 Å². The quantitative estimate of drug-likeness (QED) is 0.844. The fourth-order valence-corrected chi connectivity index (χ4v) is 2.50. The van der Waals surface area contributed by atoms with Crippen LogP contribution in [0.1, 0.15) is 5.56 Å². The first-order chi connectivity index (χ1) is 11.1. The lowest BCUT2D eigenvalue weighted by Crippen LogP contribution is -2.56. The van der Waals surface area contributed by atoms with E-state index in [9.17, 15) is 4.79 Å². The summed E-state index contributed by atoms with van der Waals surface area (Å²) in [4.78, 5) is 18.1. The molecular formula is C17H17ClN2O3. The Morgan fingerprint density at radius 2 is 2.17 bits per heavy atom. The van der Waals surface area contributed by atoms with Crippen LogP contribution < -0.4 is 9.47 Å². The number of hydrogen-bond donors (Lipinski definition) is 0. The zero-order chi connectivity index (χ0) is 16.2. The van der Waals surface area contributed by atoms with Gasteiger partial charge in [0.25, 0.3) is 0 Å². The lowest BCUT2D eigenvalue weighted by molar-refractivity contribution is -0.139. The normalized spacial score (nSPS) is 14.3. The molecule has 0 unspecified atom stereocenters. The van der Waals surface area contributed by atoms with Crippen molar-refractivity contribution in [1.29, 1.82) is 0 Å². The van der Waals surface area contributed by atoms with E-state index < -0.39 is 0 Å². The Kier molecular flexibility index (Phi) is 4.67. The van der Waals surface area contributed by atoms with Gasteiger partial charge >= 0.3 is 0 Å². The molecule has 0 aliphatic carbocycles. The third-order valence-corrected chi connectivity index (χ3v) is 3.90. The van der Waals surface area contributed by atoms with Crippen LogP contribution in [0, 0.1) is 0 Å². The number of hydrogen-bond acceptors (Lipinski definition) is 4. The maximum absolute atomic E-state index is 12.2. The molecule has 1 aromatic heterocycles. The number of aromatic nitrogens is 1. The third kappa shape index (κ3) is 3.93. The maximum Gasteiger partial charge on any atom is 0.227 e. The van der Waals surface area contributed by atoms with Gasteiger partial charge in [0, 0.05) is 12.3 Å². The summed E-state index contributed by atoms with van der Waals surface area (Å²) in [6.07, 6.45) is 1.89. The van der Waals surface area contributed by atoms with Crippen molar-refractivity contribution in [2.24, 2.45) is 0 Å². The molecule has 0 spiro atoms. The molecule has 120 valence electrons. The molecule has 3 rings (SSSR count). The monoisotopic (exact) mass is 332 g/mol. The number of methoxy groups -OCH3 is 1. The molecule has 23 heavy (non-hydrogen) atoms. The van der Waals surface area contributed by atoms with E-state index in [1.54, 1.807) is 30.3 Å². The molecule has 2 aromatic rings. The molecular weight excluding hydrogens is 316 g/mol. The van der Waals surface area contributed by atoms with Crippen molar-refractivity contribution in [3.8, 4) is 11.6 Å². The first-order valence-electron chi connectivity index (χ1n) is 7.33.